The average Bonchev–Trinajstić information content (AvgIpc) is 3.17. The molecule has 0 aliphatic carbocycles. The highest BCUT2D eigenvalue weighted by Gasteiger charge is 2.18. The molecule has 8 heteroatoms. The van der Waals surface area contributed by atoms with Crippen molar-refractivity contribution in [3.8, 4) is 22.9 Å². The fourth-order valence-electron chi connectivity index (χ4n) is 2.81. The standard InChI is InChI=1S/C21H24N4O3S/c1-14(2)25-20(15-8-10-17(27-3)11-9-15)23-24-21(25)29-13-19(26)22-16-6-5-7-18(12-16)28-4/h5-12,14H,13H2,1-4H3,(H,22,26). The van der Waals surface area contributed by atoms with Gasteiger partial charge in [-0.05, 0) is 50.2 Å². The Kier molecular flexibility index (Phi) is 6.77. The van der Waals surface area contributed by atoms with E-state index in [2.05, 4.69) is 29.4 Å². The summed E-state index contributed by atoms with van der Waals surface area (Å²) < 4.78 is 12.4. The molecule has 0 atom stereocenters. The van der Waals surface area contributed by atoms with E-state index in [0.717, 1.165) is 17.1 Å². The van der Waals surface area contributed by atoms with Crippen LogP contribution in [0.4, 0.5) is 5.69 Å². The molecule has 3 rings (SSSR count). The second-order valence-corrected chi connectivity index (χ2v) is 7.51. The molecule has 1 amide bonds. The Bertz CT molecular complexity index is 970. The van der Waals surface area contributed by atoms with Gasteiger partial charge in [-0.1, -0.05) is 17.8 Å². The molecule has 0 fully saturated rings. The number of methoxy groups -OCH3 is 2. The molecule has 0 aliphatic heterocycles. The van der Waals surface area contributed by atoms with Crippen LogP contribution in [0, 0.1) is 0 Å². The minimum Gasteiger partial charge on any atom is -0.497 e. The van der Waals surface area contributed by atoms with E-state index in [1.807, 2.05) is 47.0 Å². The van der Waals surface area contributed by atoms with Gasteiger partial charge in [0.15, 0.2) is 11.0 Å². The number of thioether (sulfide) groups is 1. The van der Waals surface area contributed by atoms with E-state index in [1.54, 1.807) is 20.3 Å². The number of anilines is 1. The van der Waals surface area contributed by atoms with Crippen LogP contribution in [0.1, 0.15) is 19.9 Å². The Morgan fingerprint density at radius 3 is 2.45 bits per heavy atom. The lowest BCUT2D eigenvalue weighted by Gasteiger charge is -2.14. The highest BCUT2D eigenvalue weighted by atomic mass is 32.2. The number of rotatable bonds is 8. The molecule has 1 aromatic heterocycles. The molecular formula is C21H24N4O3S. The number of benzene rings is 2. The molecule has 0 unspecified atom stereocenters. The number of aromatic nitrogens is 3. The molecule has 29 heavy (non-hydrogen) atoms. The summed E-state index contributed by atoms with van der Waals surface area (Å²) in [4.78, 5) is 12.4. The van der Waals surface area contributed by atoms with Gasteiger partial charge < -0.3 is 14.8 Å². The summed E-state index contributed by atoms with van der Waals surface area (Å²) in [6, 6.07) is 15.1. The van der Waals surface area contributed by atoms with Gasteiger partial charge in [-0.15, -0.1) is 10.2 Å². The summed E-state index contributed by atoms with van der Waals surface area (Å²) in [5.74, 6) is 2.35. The highest BCUT2D eigenvalue weighted by molar-refractivity contribution is 7.99. The molecule has 0 saturated carbocycles. The smallest absolute Gasteiger partial charge is 0.234 e. The van der Waals surface area contributed by atoms with Crippen molar-refractivity contribution in [2.75, 3.05) is 25.3 Å². The molecule has 1 N–H and O–H groups in total. The van der Waals surface area contributed by atoms with Crippen LogP contribution in [-0.2, 0) is 4.79 Å². The Labute approximate surface area is 174 Å². The van der Waals surface area contributed by atoms with Gasteiger partial charge in [-0.3, -0.25) is 9.36 Å². The monoisotopic (exact) mass is 412 g/mol. The predicted octanol–water partition coefficient (Wildman–Crippen LogP) is 4.27. The number of ether oxygens (including phenoxy) is 2. The van der Waals surface area contributed by atoms with E-state index in [1.165, 1.54) is 11.8 Å². The average molecular weight is 413 g/mol. The maximum Gasteiger partial charge on any atom is 0.234 e. The summed E-state index contributed by atoms with van der Waals surface area (Å²) in [5, 5.41) is 12.2. The van der Waals surface area contributed by atoms with Gasteiger partial charge >= 0.3 is 0 Å². The Balaban J connectivity index is 1.71. The molecule has 1 heterocycles. The lowest BCUT2D eigenvalue weighted by molar-refractivity contribution is -0.113. The molecule has 0 saturated heterocycles. The van der Waals surface area contributed by atoms with E-state index in [4.69, 9.17) is 9.47 Å². The molecular weight excluding hydrogens is 388 g/mol. The second-order valence-electron chi connectivity index (χ2n) is 6.57. The van der Waals surface area contributed by atoms with Gasteiger partial charge in [0.05, 0.1) is 20.0 Å². The van der Waals surface area contributed by atoms with Crippen molar-refractivity contribution in [2.24, 2.45) is 0 Å². The van der Waals surface area contributed by atoms with Gasteiger partial charge in [0, 0.05) is 23.4 Å². The summed E-state index contributed by atoms with van der Waals surface area (Å²) in [6.07, 6.45) is 0. The lowest BCUT2D eigenvalue weighted by atomic mass is 10.2. The quantitative estimate of drug-likeness (QED) is 0.557. The molecule has 2 aromatic carbocycles. The third-order valence-electron chi connectivity index (χ3n) is 4.22. The van der Waals surface area contributed by atoms with Gasteiger partial charge in [-0.25, -0.2) is 0 Å². The molecule has 0 radical (unpaired) electrons. The minimum absolute atomic E-state index is 0.118. The van der Waals surface area contributed by atoms with Gasteiger partial charge in [0.2, 0.25) is 5.91 Å². The summed E-state index contributed by atoms with van der Waals surface area (Å²) in [7, 11) is 3.23. The van der Waals surface area contributed by atoms with Crippen molar-refractivity contribution < 1.29 is 14.3 Å². The van der Waals surface area contributed by atoms with E-state index >= 15 is 0 Å². The number of carbonyl (C=O) groups is 1. The second kappa shape index (κ2) is 9.47. The first-order valence-corrected chi connectivity index (χ1v) is 10.2. The first kappa shape index (κ1) is 20.7. The van der Waals surface area contributed by atoms with Crippen molar-refractivity contribution in [3.05, 3.63) is 48.5 Å². The minimum atomic E-state index is -0.118. The molecule has 0 bridgehead atoms. The molecule has 7 nitrogen and oxygen atoms in total. The Hall–Kier alpha value is -3.00. The first-order valence-electron chi connectivity index (χ1n) is 9.18. The largest absolute Gasteiger partial charge is 0.497 e. The van der Waals surface area contributed by atoms with Crippen LogP contribution >= 0.6 is 11.8 Å². The van der Waals surface area contributed by atoms with Gasteiger partial charge in [0.25, 0.3) is 0 Å². The summed E-state index contributed by atoms with van der Waals surface area (Å²) in [5.41, 5.74) is 1.64. The summed E-state index contributed by atoms with van der Waals surface area (Å²) >= 11 is 1.36. The van der Waals surface area contributed by atoms with Crippen molar-refractivity contribution in [3.63, 3.8) is 0 Å². The summed E-state index contributed by atoms with van der Waals surface area (Å²) in [6.45, 7) is 4.13. The van der Waals surface area contributed by atoms with Crippen LogP contribution < -0.4 is 14.8 Å². The van der Waals surface area contributed by atoms with Gasteiger partial charge in [0.1, 0.15) is 11.5 Å². The van der Waals surface area contributed by atoms with E-state index < -0.39 is 0 Å². The lowest BCUT2D eigenvalue weighted by Crippen LogP contribution is -2.15. The van der Waals surface area contributed by atoms with Gasteiger partial charge in [-0.2, -0.15) is 0 Å². The van der Waals surface area contributed by atoms with E-state index in [-0.39, 0.29) is 17.7 Å². The van der Waals surface area contributed by atoms with Crippen LogP contribution in [0.25, 0.3) is 11.4 Å². The number of hydrogen-bond donors (Lipinski definition) is 1. The zero-order valence-electron chi connectivity index (χ0n) is 16.9. The zero-order chi connectivity index (χ0) is 20.8. The SMILES string of the molecule is COc1ccc(-c2nnc(SCC(=O)Nc3cccc(OC)c3)n2C(C)C)cc1. The van der Waals surface area contributed by atoms with E-state index in [9.17, 15) is 4.79 Å². The third kappa shape index (κ3) is 5.08. The van der Waals surface area contributed by atoms with Crippen LogP contribution in [0.2, 0.25) is 0 Å². The Morgan fingerprint density at radius 1 is 1.07 bits per heavy atom. The predicted molar refractivity (Wildman–Crippen MR) is 115 cm³/mol. The van der Waals surface area contributed by atoms with E-state index in [0.29, 0.717) is 16.6 Å². The zero-order valence-corrected chi connectivity index (χ0v) is 17.7. The number of nitrogens with one attached hydrogen (secondary N) is 1. The van der Waals surface area contributed by atoms with Crippen LogP contribution in [0.3, 0.4) is 0 Å². The number of amides is 1. The number of carbonyl (C=O) groups excluding carboxylic acids is 1. The van der Waals surface area contributed by atoms with Crippen molar-refractivity contribution in [1.82, 2.24) is 14.8 Å². The van der Waals surface area contributed by atoms with Crippen LogP contribution in [0.15, 0.2) is 53.7 Å². The molecule has 152 valence electrons. The topological polar surface area (TPSA) is 78.3 Å². The third-order valence-corrected chi connectivity index (χ3v) is 5.16. The number of nitrogens with zero attached hydrogens (tertiary/aromatic N) is 3. The molecule has 0 aliphatic rings. The van der Waals surface area contributed by atoms with Crippen molar-refractivity contribution in [2.45, 2.75) is 25.0 Å². The Morgan fingerprint density at radius 2 is 1.79 bits per heavy atom. The maximum absolute atomic E-state index is 12.4. The number of hydrogen-bond acceptors (Lipinski definition) is 6. The van der Waals surface area contributed by atoms with Crippen molar-refractivity contribution >= 4 is 23.4 Å². The fourth-order valence-corrected chi connectivity index (χ4v) is 3.67. The normalized spacial score (nSPS) is 10.8. The molecule has 3 aromatic rings. The van der Waals surface area contributed by atoms with Crippen LogP contribution in [-0.4, -0.2) is 40.6 Å². The molecule has 0 spiro atoms. The highest BCUT2D eigenvalue weighted by Crippen LogP contribution is 2.29. The van der Waals surface area contributed by atoms with Crippen molar-refractivity contribution in [1.29, 1.82) is 0 Å². The van der Waals surface area contributed by atoms with Crippen LogP contribution in [0.5, 0.6) is 11.5 Å². The first-order chi connectivity index (χ1) is 14.0. The fraction of sp³-hybridized carbons (Fsp3) is 0.286. The maximum atomic E-state index is 12.4.